The van der Waals surface area contributed by atoms with Crippen LogP contribution in [0.4, 0.5) is 21.0 Å². The first kappa shape index (κ1) is 40.5. The Balaban J connectivity index is 0.00000518. The number of imide groups is 1. The van der Waals surface area contributed by atoms with E-state index in [1.165, 1.54) is 0 Å². The van der Waals surface area contributed by atoms with E-state index in [1.54, 1.807) is 98.7 Å². The lowest BCUT2D eigenvalue weighted by molar-refractivity contribution is -0.155. The molecule has 12 heteroatoms. The third-order valence-electron chi connectivity index (χ3n) is 5.96. The number of esters is 1. The van der Waals surface area contributed by atoms with Crippen LogP contribution in [0.15, 0.2) is 42.5 Å². The lowest BCUT2D eigenvalue weighted by atomic mass is 9.92. The van der Waals surface area contributed by atoms with Gasteiger partial charge in [0.1, 0.15) is 17.8 Å². The number of carbonyl (C=O) groups excluding carboxylic acids is 3. The topological polar surface area (TPSA) is 132 Å². The van der Waals surface area contributed by atoms with Crippen molar-refractivity contribution in [3.63, 3.8) is 0 Å². The molecule has 0 aromatic heterocycles. The molecule has 256 valence electrons. The second kappa shape index (κ2) is 16.3. The largest absolute Gasteiger partial charge is 0.462 e. The van der Waals surface area contributed by atoms with Crippen molar-refractivity contribution >= 4 is 58.5 Å². The van der Waals surface area contributed by atoms with Gasteiger partial charge in [-0.1, -0.05) is 49.7 Å². The normalized spacial score (nSPS) is 12.8. The summed E-state index contributed by atoms with van der Waals surface area (Å²) >= 11 is 11.9. The smallest absolute Gasteiger partial charge is 0.420 e. The number of para-hydroxylation sites is 1. The van der Waals surface area contributed by atoms with Crippen LogP contribution in [0.5, 0.6) is 0 Å². The van der Waals surface area contributed by atoms with Gasteiger partial charge >= 0.3 is 18.2 Å². The van der Waals surface area contributed by atoms with Gasteiger partial charge in [0.15, 0.2) is 5.11 Å². The standard InChI is InChI=1S/C32H45ClN4O6S.C2H6/c1-29(2,3)25(38)41-19-32(10,21-14-12-15-22(33)17-21)36-26(44)35-23-16-11-13-20(24(23)34)18-37(27(39)42-30(4,5)6)28(40)43-31(7,8)9;1-2/h11-17H,18-19,34H2,1-10H3,(H2,35,36,44);1-2H3. The number of thiocarbonyl (C=S) groups is 1. The monoisotopic (exact) mass is 678 g/mol. The average molecular weight is 679 g/mol. The van der Waals surface area contributed by atoms with Gasteiger partial charge in [0.05, 0.1) is 28.9 Å². The van der Waals surface area contributed by atoms with Gasteiger partial charge in [-0.2, -0.15) is 0 Å². The summed E-state index contributed by atoms with van der Waals surface area (Å²) in [6, 6.07) is 12.2. The minimum absolute atomic E-state index is 0.0402. The zero-order valence-corrected chi connectivity index (χ0v) is 30.8. The van der Waals surface area contributed by atoms with Crippen LogP contribution >= 0.6 is 23.8 Å². The van der Waals surface area contributed by atoms with Gasteiger partial charge in [-0.3, -0.25) is 4.79 Å². The molecule has 2 aromatic carbocycles. The average Bonchev–Trinajstić information content (AvgIpc) is 2.90. The fourth-order valence-corrected chi connectivity index (χ4v) is 4.25. The summed E-state index contributed by atoms with van der Waals surface area (Å²) in [6.45, 7) is 21.1. The van der Waals surface area contributed by atoms with E-state index in [0.717, 1.165) is 10.5 Å². The van der Waals surface area contributed by atoms with Crippen molar-refractivity contribution in [3.05, 3.63) is 58.6 Å². The number of anilines is 2. The second-order valence-electron chi connectivity index (χ2n) is 13.7. The molecule has 10 nitrogen and oxygen atoms in total. The molecule has 0 aliphatic carbocycles. The highest BCUT2D eigenvalue weighted by Crippen LogP contribution is 2.29. The summed E-state index contributed by atoms with van der Waals surface area (Å²) in [5.41, 5.74) is 5.01. The SMILES string of the molecule is CC.CC(C)(C)OC(=O)N(Cc1cccc(NC(=S)NC(C)(COC(=O)C(C)(C)C)c2cccc(Cl)c2)c1N)C(=O)OC(C)(C)C. The number of hydrogen-bond acceptors (Lipinski definition) is 8. The van der Waals surface area contributed by atoms with Crippen molar-refractivity contribution in [2.24, 2.45) is 5.41 Å². The molecular weight excluding hydrogens is 628 g/mol. The zero-order valence-electron chi connectivity index (χ0n) is 29.2. The molecule has 2 rings (SSSR count). The van der Waals surface area contributed by atoms with Crippen molar-refractivity contribution in [2.45, 2.75) is 106 Å². The number of nitrogens with one attached hydrogen (secondary N) is 2. The highest BCUT2D eigenvalue weighted by molar-refractivity contribution is 7.80. The van der Waals surface area contributed by atoms with E-state index in [-0.39, 0.29) is 29.9 Å². The third kappa shape index (κ3) is 13.0. The Kier molecular flexibility index (Phi) is 14.3. The molecule has 1 atom stereocenters. The first-order valence-corrected chi connectivity index (χ1v) is 15.9. The number of hydrogen-bond donors (Lipinski definition) is 3. The highest BCUT2D eigenvalue weighted by Gasteiger charge is 2.34. The summed E-state index contributed by atoms with van der Waals surface area (Å²) in [5.74, 6) is -0.372. The molecule has 0 saturated heterocycles. The molecule has 0 fully saturated rings. The van der Waals surface area contributed by atoms with Gasteiger partial charge in [0.25, 0.3) is 0 Å². The Bertz CT molecular complexity index is 1350. The van der Waals surface area contributed by atoms with Gasteiger partial charge < -0.3 is 30.6 Å². The predicted octanol–water partition coefficient (Wildman–Crippen LogP) is 8.41. The fraction of sp³-hybridized carbons (Fsp3) is 0.529. The zero-order chi connectivity index (χ0) is 35.7. The van der Waals surface area contributed by atoms with E-state index in [1.807, 2.05) is 26.8 Å². The molecule has 0 aliphatic heterocycles. The summed E-state index contributed by atoms with van der Waals surface area (Å²) < 4.78 is 16.6. The number of nitrogens with two attached hydrogens (primary N) is 1. The van der Waals surface area contributed by atoms with E-state index in [2.05, 4.69) is 10.6 Å². The van der Waals surface area contributed by atoms with Crippen LogP contribution in [0.2, 0.25) is 5.02 Å². The van der Waals surface area contributed by atoms with Crippen LogP contribution < -0.4 is 16.4 Å². The first-order valence-electron chi connectivity index (χ1n) is 15.1. The molecule has 0 saturated carbocycles. The van der Waals surface area contributed by atoms with Gasteiger partial charge in [-0.05, 0) is 111 Å². The lowest BCUT2D eigenvalue weighted by Gasteiger charge is -2.33. The fourth-order valence-electron chi connectivity index (χ4n) is 3.72. The van der Waals surface area contributed by atoms with Gasteiger partial charge in [-0.15, -0.1) is 0 Å². The molecule has 0 aliphatic rings. The molecule has 0 radical (unpaired) electrons. The molecule has 46 heavy (non-hydrogen) atoms. The quantitative estimate of drug-likeness (QED) is 0.113. The molecule has 0 bridgehead atoms. The van der Waals surface area contributed by atoms with Crippen molar-refractivity contribution in [1.29, 1.82) is 0 Å². The highest BCUT2D eigenvalue weighted by atomic mass is 35.5. The second-order valence-corrected chi connectivity index (χ2v) is 14.5. The molecule has 4 N–H and O–H groups in total. The first-order chi connectivity index (χ1) is 21.0. The molecular formula is C34H51ClN4O6S. The number of amides is 2. The summed E-state index contributed by atoms with van der Waals surface area (Å²) in [7, 11) is 0. The predicted molar refractivity (Wildman–Crippen MR) is 189 cm³/mol. The van der Waals surface area contributed by atoms with Gasteiger partial charge in [-0.25, -0.2) is 14.5 Å². The molecule has 0 spiro atoms. The molecule has 2 aromatic rings. The summed E-state index contributed by atoms with van der Waals surface area (Å²) in [4.78, 5) is 39.5. The van der Waals surface area contributed by atoms with Crippen LogP contribution in [0.1, 0.15) is 94.2 Å². The van der Waals surface area contributed by atoms with Crippen molar-refractivity contribution in [2.75, 3.05) is 17.7 Å². The van der Waals surface area contributed by atoms with E-state index < -0.39 is 34.3 Å². The molecule has 2 amide bonds. The van der Waals surface area contributed by atoms with E-state index in [4.69, 9.17) is 43.8 Å². The lowest BCUT2D eigenvalue weighted by Crippen LogP contribution is -2.49. The summed E-state index contributed by atoms with van der Waals surface area (Å²) in [5, 5.41) is 7.01. The van der Waals surface area contributed by atoms with Crippen LogP contribution in [0.3, 0.4) is 0 Å². The minimum Gasteiger partial charge on any atom is -0.462 e. The number of ether oxygens (including phenoxy) is 3. The van der Waals surface area contributed by atoms with Crippen molar-refractivity contribution in [1.82, 2.24) is 10.2 Å². The van der Waals surface area contributed by atoms with E-state index in [9.17, 15) is 14.4 Å². The van der Waals surface area contributed by atoms with E-state index >= 15 is 0 Å². The van der Waals surface area contributed by atoms with E-state index in [0.29, 0.717) is 16.3 Å². The number of nitrogen functional groups attached to an aromatic ring is 1. The van der Waals surface area contributed by atoms with Crippen molar-refractivity contribution in [3.8, 4) is 0 Å². The Labute approximate surface area is 284 Å². The molecule has 0 heterocycles. The van der Waals surface area contributed by atoms with Crippen LogP contribution in [-0.2, 0) is 31.1 Å². The number of halogens is 1. The summed E-state index contributed by atoms with van der Waals surface area (Å²) in [6.07, 6.45) is -1.74. The number of carbonyl (C=O) groups is 3. The van der Waals surface area contributed by atoms with Gasteiger partial charge in [0, 0.05) is 5.02 Å². The van der Waals surface area contributed by atoms with Crippen molar-refractivity contribution < 1.29 is 28.6 Å². The number of rotatable bonds is 7. The Hall–Kier alpha value is -3.57. The Morgan fingerprint density at radius 1 is 0.870 bits per heavy atom. The van der Waals surface area contributed by atoms with Crippen LogP contribution in [0.25, 0.3) is 0 Å². The Morgan fingerprint density at radius 2 is 1.39 bits per heavy atom. The number of benzene rings is 2. The maximum absolute atomic E-state index is 13.0. The number of nitrogens with zero attached hydrogens (tertiary/aromatic N) is 1. The third-order valence-corrected chi connectivity index (χ3v) is 6.40. The molecule has 1 unspecified atom stereocenters. The van der Waals surface area contributed by atoms with Crippen LogP contribution in [0, 0.1) is 5.41 Å². The maximum atomic E-state index is 13.0. The van der Waals surface area contributed by atoms with Gasteiger partial charge in [0.2, 0.25) is 0 Å². The Morgan fingerprint density at radius 3 is 1.87 bits per heavy atom. The maximum Gasteiger partial charge on any atom is 0.420 e. The minimum atomic E-state index is -0.966. The van der Waals surface area contributed by atoms with Crippen LogP contribution in [-0.4, -0.2) is 46.0 Å².